The molecule has 1 saturated carbocycles. The Balaban J connectivity index is 1.69. The molecule has 2 aromatic heterocycles. The average Bonchev–Trinajstić information content (AvgIpc) is 3.48. The van der Waals surface area contributed by atoms with Crippen molar-refractivity contribution in [2.24, 2.45) is 5.92 Å². The Hall–Kier alpha value is -3.11. The van der Waals surface area contributed by atoms with Crippen molar-refractivity contribution < 1.29 is 13.6 Å². The highest BCUT2D eigenvalue weighted by atomic mass is 35.5. The summed E-state index contributed by atoms with van der Waals surface area (Å²) < 4.78 is 28.6. The molecule has 0 radical (unpaired) electrons. The fourth-order valence-corrected chi connectivity index (χ4v) is 5.38. The molecular formula is C20H17ClN4O5S. The predicted octanol–water partition coefficient (Wildman–Crippen LogP) is 2.56. The lowest BCUT2D eigenvalue weighted by atomic mass is 10.2. The van der Waals surface area contributed by atoms with Gasteiger partial charge >= 0.3 is 5.69 Å². The van der Waals surface area contributed by atoms with Crippen LogP contribution in [0, 0.1) is 5.92 Å². The van der Waals surface area contributed by atoms with Crippen LogP contribution in [0.2, 0.25) is 5.02 Å². The Labute approximate surface area is 180 Å². The van der Waals surface area contributed by atoms with Crippen LogP contribution in [0.5, 0.6) is 0 Å². The number of benzene rings is 2. The summed E-state index contributed by atoms with van der Waals surface area (Å²) in [5.41, 5.74) is -1.83. The van der Waals surface area contributed by atoms with Gasteiger partial charge in [-0.2, -0.15) is 5.10 Å². The van der Waals surface area contributed by atoms with E-state index in [1.165, 1.54) is 37.1 Å². The predicted molar refractivity (Wildman–Crippen MR) is 114 cm³/mol. The number of nitrogens with zero attached hydrogens (tertiary/aromatic N) is 3. The topological polar surface area (TPSA) is 127 Å². The number of halogens is 1. The molecule has 2 aromatic carbocycles. The number of H-pyrrole nitrogens is 1. The Kier molecular flexibility index (Phi) is 4.45. The number of sulfone groups is 1. The number of rotatable bonds is 5. The minimum absolute atomic E-state index is 0.00850. The quantitative estimate of drug-likeness (QED) is 0.440. The van der Waals surface area contributed by atoms with Gasteiger partial charge in [0, 0.05) is 11.9 Å². The first-order valence-corrected chi connectivity index (χ1v) is 11.5. The lowest BCUT2D eigenvalue weighted by Crippen LogP contribution is -2.33. The van der Waals surface area contributed by atoms with E-state index in [-0.39, 0.29) is 30.4 Å². The molecule has 0 aliphatic heterocycles. The summed E-state index contributed by atoms with van der Waals surface area (Å²) in [7, 11) is -4.13. The first-order chi connectivity index (χ1) is 14.8. The molecule has 5 rings (SSSR count). The van der Waals surface area contributed by atoms with Crippen LogP contribution in [0.25, 0.3) is 21.8 Å². The zero-order valence-electron chi connectivity index (χ0n) is 16.1. The Morgan fingerprint density at radius 2 is 1.97 bits per heavy atom. The number of nitrogens with one attached hydrogen (secondary N) is 1. The molecule has 1 aliphatic carbocycles. The van der Waals surface area contributed by atoms with Crippen molar-refractivity contribution in [2.75, 3.05) is 0 Å². The summed E-state index contributed by atoms with van der Waals surface area (Å²) in [5, 5.41) is 14.4. The number of aromatic amines is 1. The van der Waals surface area contributed by atoms with Crippen LogP contribution >= 0.6 is 11.6 Å². The molecule has 31 heavy (non-hydrogen) atoms. The molecule has 2 heterocycles. The molecule has 0 saturated heterocycles. The summed E-state index contributed by atoms with van der Waals surface area (Å²) in [5.74, 6) is 0.707. The van der Waals surface area contributed by atoms with Crippen molar-refractivity contribution in [1.82, 2.24) is 19.5 Å². The lowest BCUT2D eigenvalue weighted by molar-refractivity contribution is 0.162. The molecule has 1 fully saturated rings. The Morgan fingerprint density at radius 1 is 1.19 bits per heavy atom. The van der Waals surface area contributed by atoms with Gasteiger partial charge in [0.1, 0.15) is 0 Å². The zero-order valence-corrected chi connectivity index (χ0v) is 17.7. The van der Waals surface area contributed by atoms with E-state index in [1.54, 1.807) is 16.9 Å². The molecule has 0 spiro atoms. The number of aromatic nitrogens is 4. The third kappa shape index (κ3) is 3.22. The summed E-state index contributed by atoms with van der Waals surface area (Å²) in [4.78, 5) is 26.2. The lowest BCUT2D eigenvalue weighted by Gasteiger charge is -2.10. The molecule has 0 amide bonds. The highest BCUT2D eigenvalue weighted by Crippen LogP contribution is 2.34. The summed E-state index contributed by atoms with van der Waals surface area (Å²) in [6.45, 7) is 0.699. The second-order valence-electron chi connectivity index (χ2n) is 7.67. The zero-order chi connectivity index (χ0) is 21.9. The van der Waals surface area contributed by atoms with Gasteiger partial charge in [-0.1, -0.05) is 29.2 Å². The van der Waals surface area contributed by atoms with Gasteiger partial charge in [-0.3, -0.25) is 9.48 Å². The molecule has 4 aromatic rings. The van der Waals surface area contributed by atoms with Gasteiger partial charge in [0.25, 0.3) is 5.56 Å². The smallest absolute Gasteiger partial charge is 0.362 e. The number of fused-ring (bicyclic) bond motifs is 2. The summed E-state index contributed by atoms with van der Waals surface area (Å²) in [6.07, 6.45) is 5.12. The molecule has 2 N–H and O–H groups in total. The maximum Gasteiger partial charge on any atom is 0.362 e. The maximum atomic E-state index is 13.5. The highest BCUT2D eigenvalue weighted by molar-refractivity contribution is 7.91. The van der Waals surface area contributed by atoms with E-state index in [0.717, 1.165) is 11.8 Å². The molecular weight excluding hydrogens is 444 g/mol. The van der Waals surface area contributed by atoms with Gasteiger partial charge in [-0.05, 0) is 42.7 Å². The highest BCUT2D eigenvalue weighted by Gasteiger charge is 2.25. The molecule has 11 heteroatoms. The first kappa shape index (κ1) is 19.8. The standard InChI is InChI=1S/C20H17ClN4O5S/c21-14-5-6-16(18-17(14)19(26)25(28)20(27)23-18)31(29,30)13-4-3-12-10-22-24(15(12)9-13)8-7-11-1-2-11/h3-6,9-11,28H,1-2,7-8H2,(H,23,27). The number of hydrogen-bond acceptors (Lipinski definition) is 6. The van der Waals surface area contributed by atoms with E-state index in [4.69, 9.17) is 11.6 Å². The van der Waals surface area contributed by atoms with Crippen LogP contribution in [0.1, 0.15) is 19.3 Å². The van der Waals surface area contributed by atoms with Crippen molar-refractivity contribution in [2.45, 2.75) is 35.6 Å². The van der Waals surface area contributed by atoms with Crippen LogP contribution in [0.3, 0.4) is 0 Å². The molecule has 160 valence electrons. The molecule has 0 unspecified atom stereocenters. The molecule has 0 atom stereocenters. The second-order valence-corrected chi connectivity index (χ2v) is 9.99. The third-order valence-electron chi connectivity index (χ3n) is 5.61. The fourth-order valence-electron chi connectivity index (χ4n) is 3.71. The maximum absolute atomic E-state index is 13.5. The van der Waals surface area contributed by atoms with Gasteiger partial charge in [0.05, 0.1) is 37.4 Å². The number of aryl methyl sites for hydroxylation is 1. The second kappa shape index (κ2) is 6.96. The van der Waals surface area contributed by atoms with E-state index < -0.39 is 21.1 Å². The van der Waals surface area contributed by atoms with Gasteiger partial charge in [0.15, 0.2) is 0 Å². The number of hydrogen-bond donors (Lipinski definition) is 2. The van der Waals surface area contributed by atoms with Crippen molar-refractivity contribution in [1.29, 1.82) is 0 Å². The van der Waals surface area contributed by atoms with Crippen LogP contribution < -0.4 is 11.2 Å². The van der Waals surface area contributed by atoms with E-state index in [9.17, 15) is 23.2 Å². The normalized spacial score (nSPS) is 14.5. The van der Waals surface area contributed by atoms with Crippen LogP contribution in [-0.2, 0) is 16.4 Å². The van der Waals surface area contributed by atoms with Gasteiger partial charge in [-0.15, -0.1) is 0 Å². The van der Waals surface area contributed by atoms with Crippen LogP contribution in [-0.4, -0.2) is 33.1 Å². The molecule has 1 aliphatic rings. The van der Waals surface area contributed by atoms with E-state index >= 15 is 0 Å². The summed E-state index contributed by atoms with van der Waals surface area (Å²) >= 11 is 6.05. The monoisotopic (exact) mass is 460 g/mol. The van der Waals surface area contributed by atoms with E-state index in [0.29, 0.717) is 18.0 Å². The van der Waals surface area contributed by atoms with Crippen molar-refractivity contribution in [3.63, 3.8) is 0 Å². The largest absolute Gasteiger partial charge is 0.421 e. The van der Waals surface area contributed by atoms with Gasteiger partial charge in [0.2, 0.25) is 9.84 Å². The summed E-state index contributed by atoms with van der Waals surface area (Å²) in [6, 6.07) is 7.14. The van der Waals surface area contributed by atoms with Gasteiger partial charge < -0.3 is 10.2 Å². The fraction of sp³-hybridized carbons (Fsp3) is 0.250. The SMILES string of the molecule is O=c1[nH]c2c(S(=O)(=O)c3ccc4cnn(CCC5CC5)c4c3)ccc(Cl)c2c(=O)n1O. The van der Waals surface area contributed by atoms with Crippen molar-refractivity contribution >= 4 is 43.2 Å². The minimum Gasteiger partial charge on any atom is -0.421 e. The van der Waals surface area contributed by atoms with Crippen LogP contribution in [0.15, 0.2) is 55.9 Å². The Morgan fingerprint density at radius 3 is 2.71 bits per heavy atom. The minimum atomic E-state index is -4.13. The van der Waals surface area contributed by atoms with Gasteiger partial charge in [-0.25, -0.2) is 13.2 Å². The first-order valence-electron chi connectivity index (χ1n) is 9.65. The molecule has 9 nitrogen and oxygen atoms in total. The third-order valence-corrected chi connectivity index (χ3v) is 7.72. The average molecular weight is 461 g/mol. The van der Waals surface area contributed by atoms with E-state index in [2.05, 4.69) is 10.1 Å². The van der Waals surface area contributed by atoms with Crippen LogP contribution in [0.4, 0.5) is 0 Å². The Bertz CT molecular complexity index is 1580. The van der Waals surface area contributed by atoms with Crippen molar-refractivity contribution in [3.8, 4) is 0 Å². The van der Waals surface area contributed by atoms with E-state index in [1.807, 2.05) is 0 Å². The van der Waals surface area contributed by atoms with Crippen molar-refractivity contribution in [3.05, 3.63) is 62.4 Å². The molecule has 0 bridgehead atoms.